The number of rotatable bonds is 2. The van der Waals surface area contributed by atoms with Gasteiger partial charge >= 0.3 is 6.18 Å². The molecule has 0 spiro atoms. The number of amides is 1. The Labute approximate surface area is 162 Å². The summed E-state index contributed by atoms with van der Waals surface area (Å²) in [5, 5.41) is 3.87. The molecule has 0 saturated carbocycles. The lowest BCUT2D eigenvalue weighted by Gasteiger charge is -2.35. The van der Waals surface area contributed by atoms with E-state index in [1.54, 1.807) is 27.0 Å². The number of alkyl halides is 3. The summed E-state index contributed by atoms with van der Waals surface area (Å²) in [6.07, 6.45) is -1.91. The van der Waals surface area contributed by atoms with E-state index >= 15 is 0 Å². The highest BCUT2D eigenvalue weighted by Crippen LogP contribution is 2.35. The highest BCUT2D eigenvalue weighted by molar-refractivity contribution is 5.95. The van der Waals surface area contributed by atoms with Gasteiger partial charge in [-0.15, -0.1) is 0 Å². The van der Waals surface area contributed by atoms with E-state index in [2.05, 4.69) is 10.1 Å². The van der Waals surface area contributed by atoms with Gasteiger partial charge in [-0.05, 0) is 45.4 Å². The molecule has 3 rings (SSSR count). The molecular formula is C19H24F3N5O. The predicted molar refractivity (Wildman–Crippen MR) is 99.3 cm³/mol. The lowest BCUT2D eigenvalue weighted by Crippen LogP contribution is -2.49. The van der Waals surface area contributed by atoms with E-state index in [9.17, 15) is 18.0 Å². The number of aromatic nitrogens is 3. The van der Waals surface area contributed by atoms with Gasteiger partial charge in [0, 0.05) is 32.4 Å². The molecule has 1 aliphatic rings. The van der Waals surface area contributed by atoms with E-state index < -0.39 is 28.9 Å². The molecule has 0 unspecified atom stereocenters. The topological polar surface area (TPSA) is 54.3 Å². The van der Waals surface area contributed by atoms with Gasteiger partial charge in [-0.25, -0.2) is 4.98 Å². The van der Waals surface area contributed by atoms with Gasteiger partial charge in [-0.2, -0.15) is 18.3 Å². The Kier molecular flexibility index (Phi) is 5.12. The third-order valence-corrected chi connectivity index (χ3v) is 4.70. The first-order valence-electron chi connectivity index (χ1n) is 9.11. The molecule has 0 bridgehead atoms. The van der Waals surface area contributed by atoms with E-state index in [0.717, 1.165) is 22.3 Å². The average molecular weight is 395 g/mol. The zero-order valence-electron chi connectivity index (χ0n) is 16.4. The van der Waals surface area contributed by atoms with E-state index in [4.69, 9.17) is 0 Å². The number of aryl methyl sites for hydroxylation is 1. The highest BCUT2D eigenvalue weighted by Gasteiger charge is 2.43. The Balaban J connectivity index is 1.80. The van der Waals surface area contributed by atoms with Gasteiger partial charge in [-0.3, -0.25) is 9.48 Å². The minimum atomic E-state index is -4.66. The number of halogens is 3. The molecule has 1 aliphatic heterocycles. The lowest BCUT2D eigenvalue weighted by molar-refractivity contribution is -0.146. The van der Waals surface area contributed by atoms with Gasteiger partial charge in [-0.1, -0.05) is 0 Å². The number of nitrogens with zero attached hydrogens (tertiary/aromatic N) is 5. The molecule has 0 atom stereocenters. The first-order chi connectivity index (χ1) is 13.0. The van der Waals surface area contributed by atoms with Crippen molar-refractivity contribution in [3.05, 3.63) is 41.3 Å². The third kappa shape index (κ3) is 3.98. The van der Waals surface area contributed by atoms with Crippen molar-refractivity contribution in [1.29, 1.82) is 0 Å². The maximum Gasteiger partial charge on any atom is 0.433 e. The number of anilines is 1. The number of hydrogen-bond acceptors (Lipinski definition) is 4. The maximum absolute atomic E-state index is 13.7. The maximum atomic E-state index is 13.7. The van der Waals surface area contributed by atoms with Crippen molar-refractivity contribution in [3.63, 3.8) is 0 Å². The number of hydrogen-bond donors (Lipinski definition) is 0. The fourth-order valence-electron chi connectivity index (χ4n) is 3.29. The Morgan fingerprint density at radius 1 is 1.11 bits per heavy atom. The minimum Gasteiger partial charge on any atom is -0.353 e. The first-order valence-corrected chi connectivity index (χ1v) is 9.11. The number of carbonyl (C=O) groups excluding carboxylic acids is 1. The third-order valence-electron chi connectivity index (χ3n) is 4.70. The summed E-state index contributed by atoms with van der Waals surface area (Å²) in [6, 6.07) is 3.85. The molecule has 0 radical (unpaired) electrons. The molecule has 0 aromatic carbocycles. The Morgan fingerprint density at radius 3 is 2.29 bits per heavy atom. The second-order valence-electron chi connectivity index (χ2n) is 7.96. The van der Waals surface area contributed by atoms with Gasteiger partial charge < -0.3 is 9.80 Å². The van der Waals surface area contributed by atoms with Crippen molar-refractivity contribution in [2.75, 3.05) is 31.1 Å². The van der Waals surface area contributed by atoms with Crippen molar-refractivity contribution in [1.82, 2.24) is 19.7 Å². The largest absolute Gasteiger partial charge is 0.433 e. The summed E-state index contributed by atoms with van der Waals surface area (Å²) in [5.74, 6) is 0.170. The second kappa shape index (κ2) is 7.10. The highest BCUT2D eigenvalue weighted by atomic mass is 19.4. The summed E-state index contributed by atoms with van der Waals surface area (Å²) >= 11 is 0. The molecular weight excluding hydrogens is 371 g/mol. The van der Waals surface area contributed by atoms with Crippen LogP contribution in [0, 0.1) is 6.92 Å². The fraction of sp³-hybridized carbons (Fsp3) is 0.526. The van der Waals surface area contributed by atoms with Crippen molar-refractivity contribution in [3.8, 4) is 0 Å². The molecule has 28 heavy (non-hydrogen) atoms. The molecule has 1 saturated heterocycles. The molecule has 0 aliphatic carbocycles. The average Bonchev–Trinajstić information content (AvgIpc) is 3.07. The van der Waals surface area contributed by atoms with Crippen LogP contribution in [0.4, 0.5) is 19.0 Å². The SMILES string of the molecule is Cc1ccnc(N2CCN(C(=O)c3cnn(C(C)(C)C)c3C(F)(F)F)CC2)c1. The van der Waals surface area contributed by atoms with Gasteiger partial charge in [0.2, 0.25) is 0 Å². The zero-order valence-corrected chi connectivity index (χ0v) is 16.4. The van der Waals surface area contributed by atoms with E-state index in [1.165, 1.54) is 4.90 Å². The number of piperazine rings is 1. The van der Waals surface area contributed by atoms with Gasteiger partial charge in [0.1, 0.15) is 5.82 Å². The summed E-state index contributed by atoms with van der Waals surface area (Å²) in [7, 11) is 0. The quantitative estimate of drug-likeness (QED) is 0.783. The van der Waals surface area contributed by atoms with Crippen molar-refractivity contribution < 1.29 is 18.0 Å². The van der Waals surface area contributed by atoms with Crippen LogP contribution in [0.2, 0.25) is 0 Å². The molecule has 2 aromatic rings. The van der Waals surface area contributed by atoms with Crippen LogP contribution in [0.5, 0.6) is 0 Å². The van der Waals surface area contributed by atoms with Gasteiger partial charge in [0.25, 0.3) is 5.91 Å². The number of pyridine rings is 1. The second-order valence-corrected chi connectivity index (χ2v) is 7.96. The minimum absolute atomic E-state index is 0.326. The molecule has 2 aromatic heterocycles. The summed E-state index contributed by atoms with van der Waals surface area (Å²) in [5.41, 5.74) is -1.20. The van der Waals surface area contributed by atoms with Crippen molar-refractivity contribution in [2.45, 2.75) is 39.4 Å². The normalized spacial score (nSPS) is 15.8. The Bertz CT molecular complexity index is 861. The summed E-state index contributed by atoms with van der Waals surface area (Å²) in [4.78, 5) is 20.6. The van der Waals surface area contributed by atoms with Crippen LogP contribution in [-0.2, 0) is 11.7 Å². The van der Waals surface area contributed by atoms with Crippen LogP contribution < -0.4 is 4.90 Å². The van der Waals surface area contributed by atoms with E-state index in [-0.39, 0.29) is 0 Å². The monoisotopic (exact) mass is 395 g/mol. The van der Waals surface area contributed by atoms with Crippen LogP contribution in [0.15, 0.2) is 24.5 Å². The van der Waals surface area contributed by atoms with Crippen LogP contribution in [0.25, 0.3) is 0 Å². The molecule has 3 heterocycles. The number of carbonyl (C=O) groups is 1. The van der Waals surface area contributed by atoms with E-state index in [1.807, 2.05) is 24.0 Å². The Hall–Kier alpha value is -2.58. The standard InChI is InChI=1S/C19H24F3N5O/c1-13-5-6-23-15(11-13)25-7-9-26(10-8-25)17(28)14-12-24-27(18(2,3)4)16(14)19(20,21)22/h5-6,11-12H,7-10H2,1-4H3. The zero-order chi connectivity index (χ0) is 20.7. The van der Waals surface area contributed by atoms with Crippen LogP contribution >= 0.6 is 0 Å². The summed E-state index contributed by atoms with van der Waals surface area (Å²) in [6.45, 7) is 8.51. The molecule has 1 amide bonds. The lowest BCUT2D eigenvalue weighted by atomic mass is 10.1. The van der Waals surface area contributed by atoms with Crippen LogP contribution in [0.1, 0.15) is 42.4 Å². The van der Waals surface area contributed by atoms with Gasteiger partial charge in [0.15, 0.2) is 5.69 Å². The molecule has 152 valence electrons. The first kappa shape index (κ1) is 20.2. The molecule has 0 N–H and O–H groups in total. The van der Waals surface area contributed by atoms with Crippen molar-refractivity contribution >= 4 is 11.7 Å². The van der Waals surface area contributed by atoms with E-state index in [0.29, 0.717) is 26.2 Å². The van der Waals surface area contributed by atoms with Crippen LogP contribution in [0.3, 0.4) is 0 Å². The smallest absolute Gasteiger partial charge is 0.353 e. The van der Waals surface area contributed by atoms with Crippen LogP contribution in [-0.4, -0.2) is 51.8 Å². The van der Waals surface area contributed by atoms with Crippen molar-refractivity contribution in [2.24, 2.45) is 0 Å². The molecule has 6 nitrogen and oxygen atoms in total. The molecule has 9 heteroatoms. The Morgan fingerprint density at radius 2 is 1.75 bits per heavy atom. The fourth-order valence-corrected chi connectivity index (χ4v) is 3.29. The predicted octanol–water partition coefficient (Wildman–Crippen LogP) is 3.32. The van der Waals surface area contributed by atoms with Gasteiger partial charge in [0.05, 0.1) is 17.3 Å². The molecule has 1 fully saturated rings. The summed E-state index contributed by atoms with van der Waals surface area (Å²) < 4.78 is 41.9.